The van der Waals surface area contributed by atoms with E-state index in [1.807, 2.05) is 0 Å². The van der Waals surface area contributed by atoms with E-state index in [2.05, 4.69) is 15.4 Å². The van der Waals surface area contributed by atoms with Gasteiger partial charge in [-0.3, -0.25) is 19.2 Å². The molecule has 27 heavy (non-hydrogen) atoms. The molecule has 4 atom stereocenters. The number of hydrogen-bond donors (Lipinski definition) is 2. The van der Waals surface area contributed by atoms with E-state index in [4.69, 9.17) is 9.47 Å². The summed E-state index contributed by atoms with van der Waals surface area (Å²) < 4.78 is 14.5. The van der Waals surface area contributed by atoms with Gasteiger partial charge in [-0.15, -0.1) is 0 Å². The van der Waals surface area contributed by atoms with Crippen LogP contribution in [0.4, 0.5) is 0 Å². The van der Waals surface area contributed by atoms with E-state index in [1.165, 1.54) is 13.8 Å². The number of ether oxygens (including phenoxy) is 3. The first kappa shape index (κ1) is 24.4. The van der Waals surface area contributed by atoms with Crippen molar-refractivity contribution in [2.24, 2.45) is 5.92 Å². The second-order valence-electron chi connectivity index (χ2n) is 6.33. The number of carbonyl (C=O) groups is 5. The highest BCUT2D eigenvalue weighted by Crippen LogP contribution is 2.10. The monoisotopic (exact) mass is 388 g/mol. The molecule has 0 aliphatic heterocycles. The van der Waals surface area contributed by atoms with E-state index in [-0.39, 0.29) is 5.92 Å². The highest BCUT2D eigenvalue weighted by Gasteiger charge is 2.35. The molecule has 0 aliphatic carbocycles. The van der Waals surface area contributed by atoms with Crippen molar-refractivity contribution in [1.29, 1.82) is 0 Å². The maximum absolute atomic E-state index is 12.5. The van der Waals surface area contributed by atoms with Crippen LogP contribution in [0, 0.1) is 5.92 Å². The van der Waals surface area contributed by atoms with Crippen LogP contribution in [0.2, 0.25) is 0 Å². The maximum atomic E-state index is 12.5. The summed E-state index contributed by atoms with van der Waals surface area (Å²) in [6.07, 6.45) is -2.18. The number of amides is 2. The molecule has 0 aromatic rings. The molecule has 2 N–H and O–H groups in total. The van der Waals surface area contributed by atoms with Gasteiger partial charge in [0.25, 0.3) is 5.91 Å². The third-order valence-electron chi connectivity index (χ3n) is 3.47. The molecule has 10 heteroatoms. The van der Waals surface area contributed by atoms with Gasteiger partial charge in [0.15, 0.2) is 6.10 Å². The largest absolute Gasteiger partial charge is 0.467 e. The van der Waals surface area contributed by atoms with Gasteiger partial charge in [-0.05, 0) is 19.8 Å². The summed E-state index contributed by atoms with van der Waals surface area (Å²) in [5, 5.41) is 4.79. The SMILES string of the molecule is COC(=O)[C@H](C)NC(=O)[C@@H](NC(=O)[C@@H](OC(C)=O)C(C)C)[C@@H](C)OC(C)=O. The van der Waals surface area contributed by atoms with Crippen LogP contribution in [0.25, 0.3) is 0 Å². The summed E-state index contributed by atoms with van der Waals surface area (Å²) in [6, 6.07) is -2.30. The summed E-state index contributed by atoms with van der Waals surface area (Å²) in [5.41, 5.74) is 0. The molecule has 0 unspecified atom stereocenters. The van der Waals surface area contributed by atoms with E-state index >= 15 is 0 Å². The maximum Gasteiger partial charge on any atom is 0.328 e. The molecule has 0 spiro atoms. The zero-order valence-corrected chi connectivity index (χ0v) is 16.7. The molecule has 0 fully saturated rings. The van der Waals surface area contributed by atoms with Crippen LogP contribution in [-0.4, -0.2) is 61.1 Å². The van der Waals surface area contributed by atoms with Crippen molar-refractivity contribution in [3.8, 4) is 0 Å². The Morgan fingerprint density at radius 1 is 0.778 bits per heavy atom. The highest BCUT2D eigenvalue weighted by atomic mass is 16.6. The first-order valence-corrected chi connectivity index (χ1v) is 8.43. The van der Waals surface area contributed by atoms with E-state index in [9.17, 15) is 24.0 Å². The van der Waals surface area contributed by atoms with Crippen molar-refractivity contribution >= 4 is 29.7 Å². The Labute approximate surface area is 158 Å². The van der Waals surface area contributed by atoms with Crippen LogP contribution < -0.4 is 10.6 Å². The molecule has 0 aliphatic rings. The lowest BCUT2D eigenvalue weighted by Crippen LogP contribution is -2.58. The predicted octanol–water partition coefficient (Wildman–Crippen LogP) is -0.312. The van der Waals surface area contributed by atoms with Gasteiger partial charge in [0, 0.05) is 13.8 Å². The molecule has 0 saturated heterocycles. The summed E-state index contributed by atoms with van der Waals surface area (Å²) >= 11 is 0. The van der Waals surface area contributed by atoms with Crippen molar-refractivity contribution in [2.75, 3.05) is 7.11 Å². The lowest BCUT2D eigenvalue weighted by molar-refractivity contribution is -0.158. The summed E-state index contributed by atoms with van der Waals surface area (Å²) in [5.74, 6) is -3.86. The minimum absolute atomic E-state index is 0.365. The van der Waals surface area contributed by atoms with Gasteiger partial charge in [-0.25, -0.2) is 4.79 Å². The Kier molecular flexibility index (Phi) is 10.1. The molecule has 0 heterocycles. The van der Waals surface area contributed by atoms with Gasteiger partial charge in [0.1, 0.15) is 18.2 Å². The van der Waals surface area contributed by atoms with Gasteiger partial charge >= 0.3 is 17.9 Å². The second-order valence-corrected chi connectivity index (χ2v) is 6.33. The number of carbonyl (C=O) groups excluding carboxylic acids is 5. The third-order valence-corrected chi connectivity index (χ3v) is 3.47. The fraction of sp³-hybridized carbons (Fsp3) is 0.706. The Morgan fingerprint density at radius 3 is 1.70 bits per heavy atom. The van der Waals surface area contributed by atoms with E-state index in [0.29, 0.717) is 0 Å². The van der Waals surface area contributed by atoms with E-state index in [1.54, 1.807) is 13.8 Å². The van der Waals surface area contributed by atoms with E-state index in [0.717, 1.165) is 21.0 Å². The van der Waals surface area contributed by atoms with Crippen LogP contribution in [0.5, 0.6) is 0 Å². The fourth-order valence-electron chi connectivity index (χ4n) is 2.17. The number of esters is 3. The smallest absolute Gasteiger partial charge is 0.328 e. The quantitative estimate of drug-likeness (QED) is 0.405. The Hall–Kier alpha value is -2.65. The molecule has 154 valence electrons. The lowest BCUT2D eigenvalue weighted by atomic mass is 10.0. The van der Waals surface area contributed by atoms with E-state index < -0.39 is 54.0 Å². The Balaban J connectivity index is 5.43. The Morgan fingerprint density at radius 2 is 1.30 bits per heavy atom. The Bertz CT molecular complexity index is 575. The van der Waals surface area contributed by atoms with Crippen molar-refractivity contribution in [1.82, 2.24) is 10.6 Å². The second kappa shape index (κ2) is 11.1. The van der Waals surface area contributed by atoms with Crippen LogP contribution in [0.1, 0.15) is 41.5 Å². The fourth-order valence-corrected chi connectivity index (χ4v) is 2.17. The van der Waals surface area contributed by atoms with Crippen molar-refractivity contribution in [3.05, 3.63) is 0 Å². The molecule has 2 amide bonds. The zero-order chi connectivity index (χ0) is 21.3. The highest BCUT2D eigenvalue weighted by molar-refractivity contribution is 5.92. The van der Waals surface area contributed by atoms with Crippen LogP contribution in [0.15, 0.2) is 0 Å². The first-order valence-electron chi connectivity index (χ1n) is 8.43. The number of hydrogen-bond acceptors (Lipinski definition) is 8. The molecule has 0 aromatic carbocycles. The minimum atomic E-state index is -1.31. The van der Waals surface area contributed by atoms with Gasteiger partial charge in [0.2, 0.25) is 5.91 Å². The first-order chi connectivity index (χ1) is 12.4. The predicted molar refractivity (Wildman–Crippen MR) is 93.2 cm³/mol. The normalized spacial score (nSPS) is 15.0. The number of methoxy groups -OCH3 is 1. The summed E-state index contributed by atoms with van der Waals surface area (Å²) in [4.78, 5) is 58.9. The van der Waals surface area contributed by atoms with Crippen LogP contribution in [-0.2, 0) is 38.2 Å². The van der Waals surface area contributed by atoms with Gasteiger partial charge < -0.3 is 24.8 Å². The molecular weight excluding hydrogens is 360 g/mol. The third kappa shape index (κ3) is 8.52. The average molecular weight is 388 g/mol. The topological polar surface area (TPSA) is 137 Å². The van der Waals surface area contributed by atoms with Crippen molar-refractivity contribution in [3.63, 3.8) is 0 Å². The standard InChI is InChI=1S/C17H28N2O8/c1-8(2)14(27-12(6)21)16(23)19-13(10(4)26-11(5)20)15(22)18-9(3)17(24)25-7/h8-10,13-14H,1-7H3,(H,18,22)(H,19,23)/t9-,10+,13-,14-/m0/s1. The number of rotatable bonds is 9. The van der Waals surface area contributed by atoms with Crippen molar-refractivity contribution in [2.45, 2.75) is 65.8 Å². The van der Waals surface area contributed by atoms with Crippen LogP contribution >= 0.6 is 0 Å². The molecule has 0 rings (SSSR count). The van der Waals surface area contributed by atoms with Crippen molar-refractivity contribution < 1.29 is 38.2 Å². The molecule has 0 bridgehead atoms. The number of nitrogens with one attached hydrogen (secondary N) is 2. The molecule has 0 saturated carbocycles. The minimum Gasteiger partial charge on any atom is -0.467 e. The lowest BCUT2D eigenvalue weighted by Gasteiger charge is -2.28. The average Bonchev–Trinajstić information content (AvgIpc) is 2.54. The molecule has 0 aromatic heterocycles. The van der Waals surface area contributed by atoms with Gasteiger partial charge in [-0.2, -0.15) is 0 Å². The van der Waals surface area contributed by atoms with Crippen LogP contribution in [0.3, 0.4) is 0 Å². The molecule has 0 radical (unpaired) electrons. The van der Waals surface area contributed by atoms with Gasteiger partial charge in [0.05, 0.1) is 7.11 Å². The summed E-state index contributed by atoms with van der Waals surface area (Å²) in [6.45, 7) is 8.44. The van der Waals surface area contributed by atoms with Gasteiger partial charge in [-0.1, -0.05) is 13.8 Å². The molecular formula is C17H28N2O8. The summed E-state index contributed by atoms with van der Waals surface area (Å²) in [7, 11) is 1.16. The zero-order valence-electron chi connectivity index (χ0n) is 16.7. The molecule has 10 nitrogen and oxygen atoms in total.